The third kappa shape index (κ3) is 4.08. The number of aromatic hydroxyl groups is 1. The van der Waals surface area contributed by atoms with Gasteiger partial charge in [0.05, 0.1) is 11.3 Å². The number of aromatic amines is 1. The Morgan fingerprint density at radius 1 is 1.59 bits per heavy atom. The normalized spacial score (nSPS) is 12.1. The average Bonchev–Trinajstić information content (AvgIpc) is 2.97. The number of anilines is 1. The molecule has 0 unspecified atom stereocenters. The summed E-state index contributed by atoms with van der Waals surface area (Å²) in [5, 5.41) is 15.0. The topological polar surface area (TPSA) is 108 Å². The highest BCUT2D eigenvalue weighted by Gasteiger charge is 2.17. The maximum absolute atomic E-state index is 12.0. The fraction of sp³-hybridized carbons (Fsp3) is 0.385. The molecular formula is C13H16N4O3S2. The van der Waals surface area contributed by atoms with E-state index in [4.69, 9.17) is 0 Å². The largest absolute Gasteiger partial charge is 0.493 e. The highest BCUT2D eigenvalue weighted by atomic mass is 32.2. The van der Waals surface area contributed by atoms with Crippen molar-refractivity contribution in [2.45, 2.75) is 31.3 Å². The summed E-state index contributed by atoms with van der Waals surface area (Å²) in [7, 11) is 0. The van der Waals surface area contributed by atoms with E-state index < -0.39 is 0 Å². The minimum atomic E-state index is -0.371. The van der Waals surface area contributed by atoms with Crippen LogP contribution >= 0.6 is 23.1 Å². The minimum Gasteiger partial charge on any atom is -0.493 e. The molecule has 3 N–H and O–H groups in total. The van der Waals surface area contributed by atoms with Crippen molar-refractivity contribution in [2.75, 3.05) is 11.1 Å². The van der Waals surface area contributed by atoms with Gasteiger partial charge in [-0.1, -0.05) is 25.6 Å². The lowest BCUT2D eigenvalue weighted by atomic mass is 10.0. The standard InChI is InChI=1S/C13H16N4O3S2/c1-3-7(2)9-10(19)16-13(17-11(9)20)22-6-8(18)15-12-14-4-5-21-12/h4-5,7H,3,6H2,1-2H3,(H,14,15,18)(H2,16,17,19,20)/t7-/m0/s1. The van der Waals surface area contributed by atoms with Crippen LogP contribution in [0.5, 0.6) is 5.88 Å². The third-order valence-corrected chi connectivity index (χ3v) is 4.60. The summed E-state index contributed by atoms with van der Waals surface area (Å²) in [6.07, 6.45) is 2.32. The summed E-state index contributed by atoms with van der Waals surface area (Å²) in [5.74, 6) is -0.553. The molecule has 0 aromatic carbocycles. The Kier molecular flexibility index (Phi) is 5.56. The molecule has 7 nitrogen and oxygen atoms in total. The molecule has 0 saturated carbocycles. The molecule has 2 aromatic heterocycles. The Labute approximate surface area is 135 Å². The van der Waals surface area contributed by atoms with Gasteiger partial charge >= 0.3 is 0 Å². The first-order valence-electron chi connectivity index (χ1n) is 6.66. The number of hydrogen-bond donors (Lipinski definition) is 3. The van der Waals surface area contributed by atoms with Crippen LogP contribution in [-0.2, 0) is 4.79 Å². The number of nitrogens with zero attached hydrogens (tertiary/aromatic N) is 2. The molecule has 1 amide bonds. The zero-order valence-electron chi connectivity index (χ0n) is 12.1. The highest BCUT2D eigenvalue weighted by molar-refractivity contribution is 7.99. The third-order valence-electron chi connectivity index (χ3n) is 3.04. The Morgan fingerprint density at radius 2 is 2.36 bits per heavy atom. The summed E-state index contributed by atoms with van der Waals surface area (Å²) in [6, 6.07) is 0. The first kappa shape index (κ1) is 16.5. The summed E-state index contributed by atoms with van der Waals surface area (Å²) < 4.78 is 0. The lowest BCUT2D eigenvalue weighted by Gasteiger charge is -2.10. The van der Waals surface area contributed by atoms with Gasteiger partial charge in [0.1, 0.15) is 0 Å². The van der Waals surface area contributed by atoms with Gasteiger partial charge in [-0.05, 0) is 12.3 Å². The van der Waals surface area contributed by atoms with Gasteiger partial charge in [0.2, 0.25) is 11.8 Å². The van der Waals surface area contributed by atoms with Crippen LogP contribution in [0.3, 0.4) is 0 Å². The van der Waals surface area contributed by atoms with E-state index in [0.717, 1.165) is 18.2 Å². The van der Waals surface area contributed by atoms with Gasteiger partial charge in [-0.3, -0.25) is 9.59 Å². The van der Waals surface area contributed by atoms with Crippen molar-refractivity contribution >= 4 is 34.1 Å². The molecule has 22 heavy (non-hydrogen) atoms. The van der Waals surface area contributed by atoms with Gasteiger partial charge in [-0.15, -0.1) is 11.3 Å². The minimum absolute atomic E-state index is 0.0602. The molecule has 2 aromatic rings. The number of thiazole rings is 1. The van der Waals surface area contributed by atoms with E-state index in [9.17, 15) is 14.7 Å². The first-order valence-corrected chi connectivity index (χ1v) is 8.53. The van der Waals surface area contributed by atoms with Crippen LogP contribution in [0, 0.1) is 0 Å². The molecule has 0 bridgehead atoms. The van der Waals surface area contributed by atoms with E-state index in [2.05, 4.69) is 20.3 Å². The molecule has 2 rings (SSSR count). The van der Waals surface area contributed by atoms with Crippen LogP contribution in [0.4, 0.5) is 5.13 Å². The van der Waals surface area contributed by atoms with Crippen LogP contribution in [0.15, 0.2) is 21.5 Å². The Balaban J connectivity index is 2.02. The predicted molar refractivity (Wildman–Crippen MR) is 86.7 cm³/mol. The SMILES string of the molecule is CC[C@H](C)c1c(O)nc(SCC(=O)Nc2nccs2)[nH]c1=O. The molecule has 2 heterocycles. The fourth-order valence-electron chi connectivity index (χ4n) is 1.74. The van der Waals surface area contributed by atoms with Crippen molar-refractivity contribution in [1.82, 2.24) is 15.0 Å². The summed E-state index contributed by atoms with van der Waals surface area (Å²) >= 11 is 2.36. The van der Waals surface area contributed by atoms with Crippen molar-refractivity contribution in [3.63, 3.8) is 0 Å². The smallest absolute Gasteiger partial charge is 0.258 e. The van der Waals surface area contributed by atoms with Crippen molar-refractivity contribution in [1.29, 1.82) is 0 Å². The lowest BCUT2D eigenvalue weighted by Crippen LogP contribution is -2.18. The van der Waals surface area contributed by atoms with E-state index in [0.29, 0.717) is 5.13 Å². The molecule has 1 atom stereocenters. The van der Waals surface area contributed by atoms with E-state index in [1.54, 1.807) is 11.6 Å². The van der Waals surface area contributed by atoms with Crippen molar-refractivity contribution in [2.24, 2.45) is 0 Å². The predicted octanol–water partition coefficient (Wildman–Crippen LogP) is 2.18. The number of thioether (sulfide) groups is 1. The van der Waals surface area contributed by atoms with Crippen molar-refractivity contribution < 1.29 is 9.90 Å². The number of rotatable bonds is 6. The monoisotopic (exact) mass is 340 g/mol. The van der Waals surface area contributed by atoms with Gasteiger partial charge in [0.15, 0.2) is 10.3 Å². The molecule has 118 valence electrons. The van der Waals surface area contributed by atoms with E-state index in [1.807, 2.05) is 13.8 Å². The summed E-state index contributed by atoms with van der Waals surface area (Å²) in [6.45, 7) is 3.77. The van der Waals surface area contributed by atoms with Gasteiger partial charge < -0.3 is 15.4 Å². The molecule has 0 fully saturated rings. The number of carbonyl (C=O) groups excluding carboxylic acids is 1. The molecule has 9 heteroatoms. The average molecular weight is 340 g/mol. The molecular weight excluding hydrogens is 324 g/mol. The zero-order valence-corrected chi connectivity index (χ0v) is 13.8. The second kappa shape index (κ2) is 7.41. The number of nitrogens with one attached hydrogen (secondary N) is 2. The van der Waals surface area contributed by atoms with Crippen molar-refractivity contribution in [3.8, 4) is 5.88 Å². The molecule has 0 saturated heterocycles. The molecule has 0 aliphatic heterocycles. The van der Waals surface area contributed by atoms with Gasteiger partial charge in [-0.25, -0.2) is 4.98 Å². The maximum Gasteiger partial charge on any atom is 0.258 e. The lowest BCUT2D eigenvalue weighted by molar-refractivity contribution is -0.113. The summed E-state index contributed by atoms with van der Waals surface area (Å²) in [5.41, 5.74) is -0.0937. The van der Waals surface area contributed by atoms with E-state index in [1.165, 1.54) is 11.3 Å². The second-order valence-corrected chi connectivity index (χ2v) is 6.45. The van der Waals surface area contributed by atoms with Crippen molar-refractivity contribution in [3.05, 3.63) is 27.5 Å². The first-order chi connectivity index (χ1) is 10.5. The number of amides is 1. The Bertz CT molecular complexity index is 700. The van der Waals surface area contributed by atoms with E-state index >= 15 is 0 Å². The fourth-order valence-corrected chi connectivity index (χ4v) is 2.94. The number of hydrogen-bond acceptors (Lipinski definition) is 7. The molecule has 0 radical (unpaired) electrons. The second-order valence-electron chi connectivity index (χ2n) is 4.59. The van der Waals surface area contributed by atoms with Crippen LogP contribution in [-0.4, -0.2) is 31.7 Å². The van der Waals surface area contributed by atoms with Crippen LogP contribution in [0.1, 0.15) is 31.7 Å². The summed E-state index contributed by atoms with van der Waals surface area (Å²) in [4.78, 5) is 34.2. The quantitative estimate of drug-likeness (QED) is 0.549. The van der Waals surface area contributed by atoms with E-state index in [-0.39, 0.29) is 39.7 Å². The highest BCUT2D eigenvalue weighted by Crippen LogP contribution is 2.24. The van der Waals surface area contributed by atoms with Gasteiger partial charge in [0.25, 0.3) is 5.56 Å². The Morgan fingerprint density at radius 3 is 2.95 bits per heavy atom. The number of aromatic nitrogens is 3. The molecule has 0 spiro atoms. The Hall–Kier alpha value is -1.87. The molecule has 0 aliphatic rings. The number of H-pyrrole nitrogens is 1. The molecule has 0 aliphatic carbocycles. The van der Waals surface area contributed by atoms with Gasteiger partial charge in [-0.2, -0.15) is 4.98 Å². The van der Waals surface area contributed by atoms with Crippen LogP contribution < -0.4 is 10.9 Å². The zero-order chi connectivity index (χ0) is 16.1. The van der Waals surface area contributed by atoms with Crippen LogP contribution in [0.25, 0.3) is 0 Å². The maximum atomic E-state index is 12.0. The van der Waals surface area contributed by atoms with Crippen LogP contribution in [0.2, 0.25) is 0 Å². The van der Waals surface area contributed by atoms with Gasteiger partial charge in [0, 0.05) is 11.6 Å². The number of carbonyl (C=O) groups is 1.